The molecule has 0 unspecified atom stereocenters. The normalized spacial score (nSPS) is 10.0. The Balaban J connectivity index is 2.20. The van der Waals surface area contributed by atoms with Crippen LogP contribution in [0.25, 0.3) is 0 Å². The van der Waals surface area contributed by atoms with Gasteiger partial charge in [-0.05, 0) is 18.2 Å². The molecule has 0 aliphatic carbocycles. The van der Waals surface area contributed by atoms with Crippen molar-refractivity contribution in [3.63, 3.8) is 0 Å². The molecule has 0 bridgehead atoms. The number of nitrogens with one attached hydrogen (secondary N) is 2. The summed E-state index contributed by atoms with van der Waals surface area (Å²) in [6.45, 7) is 0. The van der Waals surface area contributed by atoms with Crippen molar-refractivity contribution in [3.05, 3.63) is 35.7 Å². The number of aromatic amines is 1. The summed E-state index contributed by atoms with van der Waals surface area (Å²) in [7, 11) is 0. The number of carbonyl (C=O) groups excluding carboxylic acids is 1. The maximum Gasteiger partial charge on any atom is 0.335 e. The van der Waals surface area contributed by atoms with Crippen molar-refractivity contribution in [1.29, 1.82) is 0 Å². The zero-order valence-corrected chi connectivity index (χ0v) is 8.91. The zero-order valence-electron chi connectivity index (χ0n) is 8.91. The van der Waals surface area contributed by atoms with E-state index in [0.717, 1.165) is 6.07 Å². The highest BCUT2D eigenvalue weighted by Crippen LogP contribution is 2.24. The highest BCUT2D eigenvalue weighted by Gasteiger charge is 2.13. The van der Waals surface area contributed by atoms with Gasteiger partial charge in [-0.3, -0.25) is 4.79 Å². The topological polar surface area (TPSA) is 128 Å². The molecule has 18 heavy (non-hydrogen) atoms. The fraction of sp³-hybridized carbons (Fsp3) is 0. The number of hydrogen-bond acceptors (Lipinski definition) is 5. The Morgan fingerprint density at radius 2 is 2.11 bits per heavy atom. The second-order valence-electron chi connectivity index (χ2n) is 3.35. The van der Waals surface area contributed by atoms with Crippen molar-refractivity contribution in [1.82, 2.24) is 15.4 Å². The van der Waals surface area contributed by atoms with Gasteiger partial charge in [-0.2, -0.15) is 15.4 Å². The number of aromatic nitrogens is 3. The smallest absolute Gasteiger partial charge is 0.335 e. The first-order chi connectivity index (χ1) is 8.58. The monoisotopic (exact) mass is 248 g/mol. The van der Waals surface area contributed by atoms with E-state index in [-0.39, 0.29) is 22.7 Å². The number of benzene rings is 1. The fourth-order valence-electron chi connectivity index (χ4n) is 1.27. The van der Waals surface area contributed by atoms with Gasteiger partial charge in [0.1, 0.15) is 5.75 Å². The first kappa shape index (κ1) is 11.6. The minimum absolute atomic E-state index is 0.0525. The number of aromatic carboxylic acids is 1. The van der Waals surface area contributed by atoms with Crippen molar-refractivity contribution in [2.45, 2.75) is 0 Å². The number of carboxylic acids is 1. The summed E-state index contributed by atoms with van der Waals surface area (Å²) in [4.78, 5) is 22.2. The average molecular weight is 248 g/mol. The van der Waals surface area contributed by atoms with Crippen molar-refractivity contribution in [3.8, 4) is 5.75 Å². The third-order valence-electron chi connectivity index (χ3n) is 2.14. The minimum atomic E-state index is -1.17. The van der Waals surface area contributed by atoms with E-state index in [4.69, 9.17) is 5.11 Å². The number of carbonyl (C=O) groups is 2. The van der Waals surface area contributed by atoms with Crippen LogP contribution in [0.15, 0.2) is 24.4 Å². The molecule has 1 heterocycles. The molecule has 1 aromatic heterocycles. The lowest BCUT2D eigenvalue weighted by molar-refractivity contribution is 0.0696. The fourth-order valence-corrected chi connectivity index (χ4v) is 1.27. The predicted molar refractivity (Wildman–Crippen MR) is 59.4 cm³/mol. The first-order valence-corrected chi connectivity index (χ1v) is 4.81. The largest absolute Gasteiger partial charge is 0.506 e. The second-order valence-corrected chi connectivity index (χ2v) is 3.35. The minimum Gasteiger partial charge on any atom is -0.506 e. The van der Waals surface area contributed by atoms with Crippen LogP contribution in [0.2, 0.25) is 0 Å². The summed E-state index contributed by atoms with van der Waals surface area (Å²) in [5, 5.41) is 30.0. The molecule has 0 aliphatic heterocycles. The number of aromatic hydroxyl groups is 1. The molecular weight excluding hydrogens is 240 g/mol. The highest BCUT2D eigenvalue weighted by molar-refractivity contribution is 6.03. The molecule has 1 aromatic carbocycles. The summed E-state index contributed by atoms with van der Waals surface area (Å²) >= 11 is 0. The molecule has 92 valence electrons. The van der Waals surface area contributed by atoms with E-state index >= 15 is 0 Å². The van der Waals surface area contributed by atoms with Crippen LogP contribution in [0, 0.1) is 0 Å². The van der Waals surface area contributed by atoms with Gasteiger partial charge in [0.15, 0.2) is 5.69 Å². The van der Waals surface area contributed by atoms with Gasteiger partial charge in [-0.15, -0.1) is 0 Å². The molecule has 0 saturated heterocycles. The van der Waals surface area contributed by atoms with Gasteiger partial charge in [0.2, 0.25) is 0 Å². The Morgan fingerprint density at radius 1 is 1.33 bits per heavy atom. The number of carboxylic acid groups (broad SMARTS) is 1. The lowest BCUT2D eigenvalue weighted by Gasteiger charge is -2.06. The van der Waals surface area contributed by atoms with E-state index < -0.39 is 11.9 Å². The van der Waals surface area contributed by atoms with Gasteiger partial charge >= 0.3 is 5.97 Å². The molecule has 0 aliphatic rings. The van der Waals surface area contributed by atoms with Crippen LogP contribution in [-0.2, 0) is 0 Å². The molecule has 0 spiro atoms. The molecular formula is C10H8N4O4. The average Bonchev–Trinajstić information content (AvgIpc) is 2.85. The van der Waals surface area contributed by atoms with Crippen molar-refractivity contribution in [2.24, 2.45) is 0 Å². The molecule has 0 radical (unpaired) electrons. The van der Waals surface area contributed by atoms with E-state index in [1.54, 1.807) is 0 Å². The summed E-state index contributed by atoms with van der Waals surface area (Å²) in [5.41, 5.74) is 0.0663. The number of H-pyrrole nitrogens is 1. The maximum atomic E-state index is 11.6. The Bertz CT molecular complexity index is 594. The Morgan fingerprint density at radius 3 is 2.67 bits per heavy atom. The number of anilines is 1. The molecule has 0 fully saturated rings. The molecule has 0 atom stereocenters. The Kier molecular flexibility index (Phi) is 2.92. The van der Waals surface area contributed by atoms with Gasteiger partial charge in [0, 0.05) is 0 Å². The number of hydrogen-bond donors (Lipinski definition) is 4. The quantitative estimate of drug-likeness (QED) is 0.584. The van der Waals surface area contributed by atoms with Crippen molar-refractivity contribution < 1.29 is 19.8 Å². The molecule has 8 heteroatoms. The van der Waals surface area contributed by atoms with E-state index in [2.05, 4.69) is 20.7 Å². The lowest BCUT2D eigenvalue weighted by atomic mass is 10.2. The predicted octanol–water partition coefficient (Wildman–Crippen LogP) is 0.461. The summed E-state index contributed by atoms with van der Waals surface area (Å²) in [6, 6.07) is 3.60. The Labute approximate surface area is 100 Å². The van der Waals surface area contributed by atoms with Gasteiger partial charge in [-0.25, -0.2) is 4.79 Å². The van der Waals surface area contributed by atoms with Crippen LogP contribution in [0.3, 0.4) is 0 Å². The first-order valence-electron chi connectivity index (χ1n) is 4.81. The van der Waals surface area contributed by atoms with Crippen LogP contribution in [0.4, 0.5) is 5.69 Å². The SMILES string of the molecule is O=C(O)c1ccc(NC(=O)c2cn[nH]n2)c(O)c1. The molecule has 2 aromatic rings. The number of phenols is 1. The van der Waals surface area contributed by atoms with E-state index in [9.17, 15) is 14.7 Å². The van der Waals surface area contributed by atoms with Crippen molar-refractivity contribution in [2.75, 3.05) is 5.32 Å². The van der Waals surface area contributed by atoms with E-state index in [1.165, 1.54) is 18.3 Å². The standard InChI is InChI=1S/C10H8N4O4/c15-8-3-5(10(17)18)1-2-6(8)12-9(16)7-4-11-14-13-7/h1-4,15H,(H,12,16)(H,17,18)(H,11,13,14). The molecule has 8 nitrogen and oxygen atoms in total. The number of rotatable bonds is 3. The third-order valence-corrected chi connectivity index (χ3v) is 2.14. The van der Waals surface area contributed by atoms with Crippen LogP contribution in [-0.4, -0.2) is 37.5 Å². The summed E-state index contributed by atoms with van der Waals surface area (Å²) in [5.74, 6) is -2.08. The summed E-state index contributed by atoms with van der Waals surface area (Å²) < 4.78 is 0. The molecule has 0 saturated carbocycles. The molecule has 1 amide bonds. The Hall–Kier alpha value is -2.90. The number of phenolic OH excluding ortho intramolecular Hbond substituents is 1. The van der Waals surface area contributed by atoms with Gasteiger partial charge < -0.3 is 15.5 Å². The number of amides is 1. The van der Waals surface area contributed by atoms with Crippen LogP contribution < -0.4 is 5.32 Å². The molecule has 2 rings (SSSR count). The van der Waals surface area contributed by atoms with Crippen LogP contribution in [0.5, 0.6) is 5.75 Å². The molecule has 4 N–H and O–H groups in total. The van der Waals surface area contributed by atoms with Crippen LogP contribution >= 0.6 is 0 Å². The van der Waals surface area contributed by atoms with Crippen LogP contribution in [0.1, 0.15) is 20.8 Å². The number of nitrogens with zero attached hydrogens (tertiary/aromatic N) is 2. The summed E-state index contributed by atoms with van der Waals surface area (Å²) in [6.07, 6.45) is 1.22. The van der Waals surface area contributed by atoms with E-state index in [0.29, 0.717) is 0 Å². The second kappa shape index (κ2) is 4.53. The van der Waals surface area contributed by atoms with Gasteiger partial charge in [0.05, 0.1) is 17.4 Å². The van der Waals surface area contributed by atoms with E-state index in [1.807, 2.05) is 0 Å². The van der Waals surface area contributed by atoms with Crippen molar-refractivity contribution >= 4 is 17.6 Å². The van der Waals surface area contributed by atoms with Gasteiger partial charge in [0.25, 0.3) is 5.91 Å². The zero-order chi connectivity index (χ0) is 13.1. The van der Waals surface area contributed by atoms with Gasteiger partial charge in [-0.1, -0.05) is 0 Å². The lowest BCUT2D eigenvalue weighted by Crippen LogP contribution is -2.12. The third kappa shape index (κ3) is 2.26. The highest BCUT2D eigenvalue weighted by atomic mass is 16.4. The maximum absolute atomic E-state index is 11.6.